The molecule has 0 radical (unpaired) electrons. The number of nitrogens with one attached hydrogen (secondary N) is 2. The Morgan fingerprint density at radius 2 is 2.25 bits per heavy atom. The van der Waals surface area contributed by atoms with E-state index in [1.807, 2.05) is 17.5 Å². The van der Waals surface area contributed by atoms with Gasteiger partial charge in [-0.25, -0.2) is 4.98 Å². The summed E-state index contributed by atoms with van der Waals surface area (Å²) in [6, 6.07) is 8.04. The molecule has 1 atom stereocenters. The zero-order valence-electron chi connectivity index (χ0n) is 13.9. The first-order valence-electron chi connectivity index (χ1n) is 8.27. The lowest BCUT2D eigenvalue weighted by atomic mass is 9.91. The van der Waals surface area contributed by atoms with Crippen molar-refractivity contribution in [3.63, 3.8) is 0 Å². The number of hydrogen-bond acceptors (Lipinski definition) is 5. The van der Waals surface area contributed by atoms with Gasteiger partial charge >= 0.3 is 0 Å². The van der Waals surface area contributed by atoms with Gasteiger partial charge in [0.05, 0.1) is 12.2 Å². The van der Waals surface area contributed by atoms with Crippen LogP contribution in [0.2, 0.25) is 0 Å². The largest absolute Gasteiger partial charge is 0.346 e. The molecule has 0 bridgehead atoms. The van der Waals surface area contributed by atoms with E-state index in [0.29, 0.717) is 18.0 Å². The normalized spacial score (nSPS) is 17.6. The van der Waals surface area contributed by atoms with Crippen molar-refractivity contribution in [2.75, 3.05) is 19.3 Å². The van der Waals surface area contributed by atoms with Crippen LogP contribution in [0.3, 0.4) is 0 Å². The van der Waals surface area contributed by atoms with Crippen LogP contribution in [0.5, 0.6) is 0 Å². The molecule has 24 heavy (non-hydrogen) atoms. The third-order valence-corrected chi connectivity index (χ3v) is 5.88. The molecule has 1 fully saturated rings. The van der Waals surface area contributed by atoms with Crippen LogP contribution in [0.4, 0.5) is 0 Å². The highest BCUT2D eigenvalue weighted by molar-refractivity contribution is 7.97. The highest BCUT2D eigenvalue weighted by Gasteiger charge is 2.15. The Hall–Kier alpha value is -1.37. The van der Waals surface area contributed by atoms with Gasteiger partial charge in [0.1, 0.15) is 5.01 Å². The maximum absolute atomic E-state index is 12.3. The lowest BCUT2D eigenvalue weighted by molar-refractivity contribution is 0.0950. The van der Waals surface area contributed by atoms with E-state index in [0.717, 1.165) is 29.5 Å². The second-order valence-electron chi connectivity index (χ2n) is 6.01. The van der Waals surface area contributed by atoms with Gasteiger partial charge < -0.3 is 10.6 Å². The van der Waals surface area contributed by atoms with Gasteiger partial charge in [-0.1, -0.05) is 12.1 Å². The molecule has 128 valence electrons. The number of amides is 1. The lowest BCUT2D eigenvalue weighted by Gasteiger charge is -2.23. The number of thioether (sulfide) groups is 1. The SMILES string of the molecule is CSCc1nc(CNC(=O)c2ccc([C@@H]3CCCNC3)cc2)cs1. The van der Waals surface area contributed by atoms with Gasteiger partial charge in [0, 0.05) is 23.2 Å². The van der Waals surface area contributed by atoms with Crippen LogP contribution in [-0.2, 0) is 12.3 Å². The van der Waals surface area contributed by atoms with E-state index in [9.17, 15) is 4.79 Å². The first-order chi connectivity index (χ1) is 11.8. The summed E-state index contributed by atoms with van der Waals surface area (Å²) < 4.78 is 0. The van der Waals surface area contributed by atoms with Gasteiger partial charge in [-0.05, 0) is 49.3 Å². The third-order valence-electron chi connectivity index (χ3n) is 4.24. The topological polar surface area (TPSA) is 54.0 Å². The van der Waals surface area contributed by atoms with Crippen molar-refractivity contribution in [2.45, 2.75) is 31.1 Å². The van der Waals surface area contributed by atoms with Crippen LogP contribution >= 0.6 is 23.1 Å². The maximum Gasteiger partial charge on any atom is 0.251 e. The summed E-state index contributed by atoms with van der Waals surface area (Å²) in [5.74, 6) is 1.46. The molecule has 1 amide bonds. The van der Waals surface area contributed by atoms with E-state index < -0.39 is 0 Å². The van der Waals surface area contributed by atoms with Crippen molar-refractivity contribution in [1.82, 2.24) is 15.6 Å². The third kappa shape index (κ3) is 4.59. The molecule has 3 rings (SSSR count). The number of carbonyl (C=O) groups is 1. The Kier molecular flexibility index (Phi) is 6.29. The summed E-state index contributed by atoms with van der Waals surface area (Å²) in [7, 11) is 0. The maximum atomic E-state index is 12.3. The minimum absolute atomic E-state index is 0.0391. The molecule has 1 aromatic carbocycles. The van der Waals surface area contributed by atoms with Crippen molar-refractivity contribution < 1.29 is 4.79 Å². The number of aromatic nitrogens is 1. The summed E-state index contributed by atoms with van der Waals surface area (Å²) >= 11 is 3.41. The Labute approximate surface area is 151 Å². The Balaban J connectivity index is 1.54. The Morgan fingerprint density at radius 3 is 2.96 bits per heavy atom. The van der Waals surface area contributed by atoms with E-state index in [-0.39, 0.29) is 5.91 Å². The number of benzene rings is 1. The second kappa shape index (κ2) is 8.65. The van der Waals surface area contributed by atoms with Crippen LogP contribution in [0.15, 0.2) is 29.6 Å². The molecule has 1 aromatic heterocycles. The minimum Gasteiger partial charge on any atom is -0.346 e. The molecule has 1 aliphatic rings. The van der Waals surface area contributed by atoms with Crippen molar-refractivity contribution in [3.05, 3.63) is 51.5 Å². The lowest BCUT2D eigenvalue weighted by Crippen LogP contribution is -2.28. The van der Waals surface area contributed by atoms with Crippen LogP contribution in [0.25, 0.3) is 0 Å². The molecule has 4 nitrogen and oxygen atoms in total. The standard InChI is InChI=1S/C18H23N3OS2/c1-23-12-17-21-16(11-24-17)10-20-18(22)14-6-4-13(5-7-14)15-3-2-8-19-9-15/h4-7,11,15,19H,2-3,8-10,12H2,1H3,(H,20,22)/t15-/m1/s1. The number of nitrogens with zero attached hydrogens (tertiary/aromatic N) is 1. The van der Waals surface area contributed by atoms with Crippen molar-refractivity contribution in [2.24, 2.45) is 0 Å². The average molecular weight is 362 g/mol. The molecule has 2 N–H and O–H groups in total. The zero-order valence-corrected chi connectivity index (χ0v) is 15.5. The van der Waals surface area contributed by atoms with E-state index in [1.165, 1.54) is 18.4 Å². The predicted molar refractivity (Wildman–Crippen MR) is 102 cm³/mol. The first-order valence-corrected chi connectivity index (χ1v) is 10.5. The molecule has 2 heterocycles. The van der Waals surface area contributed by atoms with Crippen molar-refractivity contribution in [1.29, 1.82) is 0 Å². The van der Waals surface area contributed by atoms with Gasteiger partial charge in [-0.15, -0.1) is 11.3 Å². The van der Waals surface area contributed by atoms with Gasteiger partial charge in [0.25, 0.3) is 5.91 Å². The van der Waals surface area contributed by atoms with Crippen molar-refractivity contribution >= 4 is 29.0 Å². The predicted octanol–water partition coefficient (Wildman–Crippen LogP) is 3.40. The molecular weight excluding hydrogens is 338 g/mol. The van der Waals surface area contributed by atoms with Crippen LogP contribution in [-0.4, -0.2) is 30.2 Å². The molecule has 0 aliphatic carbocycles. The van der Waals surface area contributed by atoms with Gasteiger partial charge in [0.15, 0.2) is 0 Å². The van der Waals surface area contributed by atoms with E-state index in [2.05, 4.69) is 34.0 Å². The minimum atomic E-state index is -0.0391. The van der Waals surface area contributed by atoms with E-state index in [1.54, 1.807) is 23.1 Å². The monoisotopic (exact) mass is 361 g/mol. The summed E-state index contributed by atoms with van der Waals surface area (Å²) in [6.07, 6.45) is 4.51. The summed E-state index contributed by atoms with van der Waals surface area (Å²) in [5, 5.41) is 9.52. The fourth-order valence-corrected chi connectivity index (χ4v) is 4.45. The molecule has 0 unspecified atom stereocenters. The fraction of sp³-hybridized carbons (Fsp3) is 0.444. The first kappa shape index (κ1) is 17.5. The molecule has 1 aliphatic heterocycles. The smallest absolute Gasteiger partial charge is 0.251 e. The molecular formula is C18H23N3OS2. The molecule has 0 spiro atoms. The summed E-state index contributed by atoms with van der Waals surface area (Å²) in [5.41, 5.74) is 2.96. The quantitative estimate of drug-likeness (QED) is 0.828. The van der Waals surface area contributed by atoms with Crippen LogP contribution in [0, 0.1) is 0 Å². The van der Waals surface area contributed by atoms with Crippen LogP contribution in [0.1, 0.15) is 45.4 Å². The average Bonchev–Trinajstić information content (AvgIpc) is 3.08. The number of hydrogen-bond donors (Lipinski definition) is 2. The number of thiazole rings is 1. The fourth-order valence-electron chi connectivity index (χ4n) is 2.94. The van der Waals surface area contributed by atoms with E-state index >= 15 is 0 Å². The number of piperidine rings is 1. The molecule has 1 saturated heterocycles. The number of carbonyl (C=O) groups excluding carboxylic acids is 1. The van der Waals surface area contributed by atoms with Gasteiger partial charge in [0.2, 0.25) is 0 Å². The van der Waals surface area contributed by atoms with Crippen molar-refractivity contribution in [3.8, 4) is 0 Å². The second-order valence-corrected chi connectivity index (χ2v) is 7.82. The zero-order chi connectivity index (χ0) is 16.8. The van der Waals surface area contributed by atoms with Crippen LogP contribution < -0.4 is 10.6 Å². The van der Waals surface area contributed by atoms with Gasteiger partial charge in [-0.3, -0.25) is 4.79 Å². The Bertz CT molecular complexity index is 663. The number of rotatable bonds is 6. The molecule has 0 saturated carbocycles. The molecule has 6 heteroatoms. The highest BCUT2D eigenvalue weighted by Crippen LogP contribution is 2.23. The van der Waals surface area contributed by atoms with Gasteiger partial charge in [-0.2, -0.15) is 11.8 Å². The van der Waals surface area contributed by atoms with E-state index in [4.69, 9.17) is 0 Å². The Morgan fingerprint density at radius 1 is 1.42 bits per heavy atom. The molecule has 2 aromatic rings. The summed E-state index contributed by atoms with van der Waals surface area (Å²) in [6.45, 7) is 2.64. The summed E-state index contributed by atoms with van der Waals surface area (Å²) in [4.78, 5) is 16.8. The highest BCUT2D eigenvalue weighted by atomic mass is 32.2.